The summed E-state index contributed by atoms with van der Waals surface area (Å²) in [6, 6.07) is 23.9. The molecule has 4 rings (SSSR count). The van der Waals surface area contributed by atoms with Crippen LogP contribution in [0, 0.1) is 0 Å². The Balaban J connectivity index is 1.34. The van der Waals surface area contributed by atoms with E-state index in [1.54, 1.807) is 78.9 Å². The molecule has 1 heterocycles. The number of nitrogens with one attached hydrogen (secondary N) is 3. The van der Waals surface area contributed by atoms with E-state index in [0.29, 0.717) is 23.8 Å². The molecule has 0 spiro atoms. The van der Waals surface area contributed by atoms with Gasteiger partial charge in [0.25, 0.3) is 5.91 Å². The number of benzene rings is 3. The molecular weight excluding hydrogens is 566 g/mol. The van der Waals surface area contributed by atoms with Gasteiger partial charge >= 0.3 is 17.7 Å². The zero-order valence-corrected chi connectivity index (χ0v) is 23.9. The highest BCUT2D eigenvalue weighted by Crippen LogP contribution is 2.13. The summed E-state index contributed by atoms with van der Waals surface area (Å²) in [5.74, 6) is -2.48. The number of hydrogen-bond donors (Lipinski definition) is 4. The number of hydrogen-bond acceptors (Lipinski definition) is 7. The lowest BCUT2D eigenvalue weighted by atomic mass is 10.0. The first-order chi connectivity index (χ1) is 21.3. The highest BCUT2D eigenvalue weighted by atomic mass is 16.5. The molecule has 1 aromatic heterocycles. The molecule has 11 heteroatoms. The average Bonchev–Trinajstić information content (AvgIpc) is 3.03. The van der Waals surface area contributed by atoms with Gasteiger partial charge in [-0.2, -0.15) is 0 Å². The molecular formula is C33H33N3O8. The number of rotatable bonds is 14. The van der Waals surface area contributed by atoms with Crippen LogP contribution in [0.5, 0.6) is 0 Å². The fourth-order valence-corrected chi connectivity index (χ4v) is 4.49. The van der Waals surface area contributed by atoms with Crippen molar-refractivity contribution in [1.82, 2.24) is 16.0 Å². The highest BCUT2D eigenvalue weighted by molar-refractivity contribution is 5.96. The Morgan fingerprint density at radius 3 is 2.16 bits per heavy atom. The van der Waals surface area contributed by atoms with E-state index in [1.165, 1.54) is 6.07 Å². The van der Waals surface area contributed by atoms with E-state index >= 15 is 0 Å². The molecule has 0 aliphatic heterocycles. The molecule has 44 heavy (non-hydrogen) atoms. The summed E-state index contributed by atoms with van der Waals surface area (Å²) >= 11 is 0. The predicted octanol–water partition coefficient (Wildman–Crippen LogP) is 3.80. The minimum atomic E-state index is -1.22. The number of carboxylic acids is 1. The van der Waals surface area contributed by atoms with Crippen LogP contribution in [0.15, 0.2) is 100 Å². The molecule has 4 aromatic rings. The number of aliphatic carboxylic acids is 1. The standard InChI is InChI=1S/C33H33N3O8/c37-29(25-20-24-15-7-8-17-28(24)44-32(25)41)34-18-10-9-16-26(36-33(42)43-21-23-13-5-2-6-14-23)30(38)35-27(31(39)40)19-22-11-3-1-4-12-22/h1-8,11-15,17,20,26-27H,9-10,16,18-19,21H2,(H,34,37)(H,35,38)(H,36,42)(H,39,40)/t26-,27-/m0/s1. The van der Waals surface area contributed by atoms with Crippen molar-refractivity contribution in [3.63, 3.8) is 0 Å². The van der Waals surface area contributed by atoms with Gasteiger partial charge in [0.2, 0.25) is 5.91 Å². The molecule has 0 fully saturated rings. The minimum absolute atomic E-state index is 0.0123. The second-order valence-electron chi connectivity index (χ2n) is 10.1. The van der Waals surface area contributed by atoms with Crippen LogP contribution in [0.25, 0.3) is 11.0 Å². The Bertz CT molecular complexity index is 1640. The maximum atomic E-state index is 13.2. The summed E-state index contributed by atoms with van der Waals surface area (Å²) < 4.78 is 10.5. The number of ether oxygens (including phenoxy) is 1. The normalized spacial score (nSPS) is 12.1. The van der Waals surface area contributed by atoms with Gasteiger partial charge in [-0.15, -0.1) is 0 Å². The third-order valence-corrected chi connectivity index (χ3v) is 6.81. The largest absolute Gasteiger partial charge is 0.480 e. The van der Waals surface area contributed by atoms with Crippen molar-refractivity contribution < 1.29 is 33.4 Å². The maximum absolute atomic E-state index is 13.2. The number of fused-ring (bicyclic) bond motifs is 1. The van der Waals surface area contributed by atoms with Gasteiger partial charge in [-0.25, -0.2) is 14.4 Å². The third-order valence-electron chi connectivity index (χ3n) is 6.81. The summed E-state index contributed by atoms with van der Waals surface area (Å²) in [7, 11) is 0. The Morgan fingerprint density at radius 1 is 0.795 bits per heavy atom. The number of unbranched alkanes of at least 4 members (excludes halogenated alkanes) is 1. The van der Waals surface area contributed by atoms with Gasteiger partial charge in [0, 0.05) is 18.4 Å². The van der Waals surface area contributed by atoms with Gasteiger partial charge in [0.15, 0.2) is 0 Å². The summed E-state index contributed by atoms with van der Waals surface area (Å²) in [5, 5.41) is 18.1. The fraction of sp³-hybridized carbons (Fsp3) is 0.242. The number of carbonyl (C=O) groups is 4. The van der Waals surface area contributed by atoms with E-state index in [2.05, 4.69) is 16.0 Å². The molecule has 0 aliphatic rings. The summed E-state index contributed by atoms with van der Waals surface area (Å²) in [4.78, 5) is 62.6. The minimum Gasteiger partial charge on any atom is -0.480 e. The second-order valence-corrected chi connectivity index (χ2v) is 10.1. The molecule has 3 aromatic carbocycles. The number of alkyl carbamates (subject to hydrolysis) is 1. The molecule has 0 radical (unpaired) electrons. The van der Waals surface area contributed by atoms with E-state index in [9.17, 15) is 29.1 Å². The topological polar surface area (TPSA) is 164 Å². The maximum Gasteiger partial charge on any atom is 0.408 e. The SMILES string of the molecule is O=C(N[C@@H](CCCCNC(=O)c1cc2ccccc2oc1=O)C(=O)N[C@@H](Cc1ccccc1)C(=O)O)OCc1ccccc1. The average molecular weight is 600 g/mol. The van der Waals surface area contributed by atoms with Crippen LogP contribution in [0.2, 0.25) is 0 Å². The van der Waals surface area contributed by atoms with Crippen molar-refractivity contribution in [2.75, 3.05) is 6.54 Å². The molecule has 0 saturated heterocycles. The van der Waals surface area contributed by atoms with Gasteiger partial charge in [0.05, 0.1) is 0 Å². The quantitative estimate of drug-likeness (QED) is 0.126. The van der Waals surface area contributed by atoms with E-state index in [-0.39, 0.29) is 31.6 Å². The van der Waals surface area contributed by atoms with Crippen LogP contribution in [-0.4, -0.2) is 47.6 Å². The third kappa shape index (κ3) is 9.28. The van der Waals surface area contributed by atoms with Crippen molar-refractivity contribution >= 4 is 34.8 Å². The van der Waals surface area contributed by atoms with Crippen LogP contribution in [0.3, 0.4) is 0 Å². The van der Waals surface area contributed by atoms with E-state index in [1.807, 2.05) is 6.07 Å². The molecule has 0 saturated carbocycles. The Kier molecular flexibility index (Phi) is 11.2. The van der Waals surface area contributed by atoms with Gasteiger partial charge < -0.3 is 30.2 Å². The fourth-order valence-electron chi connectivity index (χ4n) is 4.49. The number of amides is 3. The van der Waals surface area contributed by atoms with Gasteiger partial charge in [-0.3, -0.25) is 9.59 Å². The molecule has 11 nitrogen and oxygen atoms in total. The predicted molar refractivity (Wildman–Crippen MR) is 162 cm³/mol. The van der Waals surface area contributed by atoms with Crippen LogP contribution >= 0.6 is 0 Å². The van der Waals surface area contributed by atoms with Crippen molar-refractivity contribution in [3.8, 4) is 0 Å². The summed E-state index contributed by atoms with van der Waals surface area (Å²) in [6.45, 7) is 0.172. The summed E-state index contributed by atoms with van der Waals surface area (Å²) in [5.41, 5.74) is 0.987. The molecule has 0 bridgehead atoms. The van der Waals surface area contributed by atoms with Crippen molar-refractivity contribution in [2.24, 2.45) is 0 Å². The molecule has 0 unspecified atom stereocenters. The molecule has 4 N–H and O–H groups in total. The lowest BCUT2D eigenvalue weighted by molar-refractivity contribution is -0.142. The van der Waals surface area contributed by atoms with Crippen molar-refractivity contribution in [2.45, 2.75) is 44.4 Å². The number of carbonyl (C=O) groups excluding carboxylic acids is 3. The first-order valence-corrected chi connectivity index (χ1v) is 14.2. The van der Waals surface area contributed by atoms with Crippen LogP contribution in [0.4, 0.5) is 4.79 Å². The van der Waals surface area contributed by atoms with E-state index in [0.717, 1.165) is 11.1 Å². The second kappa shape index (κ2) is 15.7. The van der Waals surface area contributed by atoms with Crippen molar-refractivity contribution in [1.29, 1.82) is 0 Å². The van der Waals surface area contributed by atoms with Crippen LogP contribution in [-0.2, 0) is 27.4 Å². The first-order valence-electron chi connectivity index (χ1n) is 14.2. The lowest BCUT2D eigenvalue weighted by Gasteiger charge is -2.21. The smallest absolute Gasteiger partial charge is 0.408 e. The molecule has 228 valence electrons. The Morgan fingerprint density at radius 2 is 1.45 bits per heavy atom. The number of carboxylic acid groups (broad SMARTS) is 1. The zero-order valence-electron chi connectivity index (χ0n) is 23.9. The summed E-state index contributed by atoms with van der Waals surface area (Å²) in [6.07, 6.45) is 0.141. The van der Waals surface area contributed by atoms with Crippen molar-refractivity contribution in [3.05, 3.63) is 118 Å². The highest BCUT2D eigenvalue weighted by Gasteiger charge is 2.27. The first kappa shape index (κ1) is 31.5. The lowest BCUT2D eigenvalue weighted by Crippen LogP contribution is -2.52. The number of para-hydroxylation sites is 1. The van der Waals surface area contributed by atoms with E-state index < -0.39 is 41.6 Å². The zero-order chi connectivity index (χ0) is 31.3. The Labute approximate surface area is 253 Å². The van der Waals surface area contributed by atoms with E-state index in [4.69, 9.17) is 9.15 Å². The molecule has 0 aliphatic carbocycles. The van der Waals surface area contributed by atoms with Crippen LogP contribution in [0.1, 0.15) is 40.7 Å². The van der Waals surface area contributed by atoms with Gasteiger partial charge in [0.1, 0.15) is 29.8 Å². The molecule has 2 atom stereocenters. The van der Waals surface area contributed by atoms with Gasteiger partial charge in [-0.05, 0) is 42.5 Å². The van der Waals surface area contributed by atoms with Crippen LogP contribution < -0.4 is 21.6 Å². The molecule has 3 amide bonds. The van der Waals surface area contributed by atoms with Gasteiger partial charge in [-0.1, -0.05) is 78.9 Å². The Hall–Kier alpha value is -5.45. The monoisotopic (exact) mass is 599 g/mol.